The van der Waals surface area contributed by atoms with Crippen LogP contribution in [0.1, 0.15) is 12.0 Å². The quantitative estimate of drug-likeness (QED) is 0.348. The van der Waals surface area contributed by atoms with Crippen LogP contribution in [0.15, 0.2) is 24.9 Å². The van der Waals surface area contributed by atoms with Crippen LogP contribution in [0.2, 0.25) is 0 Å². The number of hydrogen-bond donors (Lipinski definition) is 1. The van der Waals surface area contributed by atoms with Gasteiger partial charge in [0.15, 0.2) is 0 Å². The Bertz CT molecular complexity index is 377. The molecule has 0 aliphatic rings. The van der Waals surface area contributed by atoms with Gasteiger partial charge in [-0.25, -0.2) is 4.98 Å². The lowest BCUT2D eigenvalue weighted by molar-refractivity contribution is -0.384. The summed E-state index contributed by atoms with van der Waals surface area (Å²) in [4.78, 5) is 14.3. The van der Waals surface area contributed by atoms with Crippen LogP contribution in [-0.2, 0) is 0 Å². The van der Waals surface area contributed by atoms with Crippen molar-refractivity contribution >= 4 is 11.5 Å². The van der Waals surface area contributed by atoms with E-state index < -0.39 is 4.92 Å². The number of anilines is 1. The molecule has 0 fully saturated rings. The highest BCUT2D eigenvalue weighted by Crippen LogP contribution is 2.22. The summed E-state index contributed by atoms with van der Waals surface area (Å²) in [6.45, 7) is 5.94. The lowest BCUT2D eigenvalue weighted by Crippen LogP contribution is -2.05. The average Bonchev–Trinajstić information content (AvgIpc) is 2.20. The first-order valence-corrected chi connectivity index (χ1v) is 4.61. The highest BCUT2D eigenvalue weighted by atomic mass is 16.6. The Morgan fingerprint density at radius 3 is 3.07 bits per heavy atom. The number of hydrogen-bond acceptors (Lipinski definition) is 4. The first-order valence-electron chi connectivity index (χ1n) is 4.61. The van der Waals surface area contributed by atoms with Crippen molar-refractivity contribution < 1.29 is 4.92 Å². The molecular weight excluding hydrogens is 194 g/mol. The van der Waals surface area contributed by atoms with Gasteiger partial charge in [-0.3, -0.25) is 10.1 Å². The van der Waals surface area contributed by atoms with Gasteiger partial charge in [0.1, 0.15) is 0 Å². The third kappa shape index (κ3) is 3.05. The normalized spacial score (nSPS) is 9.67. The number of aryl methyl sites for hydroxylation is 1. The molecule has 5 heteroatoms. The Morgan fingerprint density at radius 1 is 1.73 bits per heavy atom. The molecule has 0 spiro atoms. The fourth-order valence-corrected chi connectivity index (χ4v) is 1.12. The second kappa shape index (κ2) is 5.09. The minimum absolute atomic E-state index is 0.0130. The second-order valence-electron chi connectivity index (χ2n) is 3.14. The molecule has 0 atom stereocenters. The van der Waals surface area contributed by atoms with Gasteiger partial charge in [-0.15, -0.1) is 6.58 Å². The van der Waals surface area contributed by atoms with Crippen molar-refractivity contribution in [1.82, 2.24) is 4.98 Å². The molecule has 0 aliphatic heterocycles. The molecule has 80 valence electrons. The minimum Gasteiger partial charge on any atom is -0.364 e. The predicted molar refractivity (Wildman–Crippen MR) is 58.9 cm³/mol. The lowest BCUT2D eigenvalue weighted by atomic mass is 10.3. The van der Waals surface area contributed by atoms with Gasteiger partial charge in [0.25, 0.3) is 0 Å². The first-order chi connectivity index (χ1) is 7.15. The third-order valence-electron chi connectivity index (χ3n) is 1.84. The van der Waals surface area contributed by atoms with E-state index in [0.29, 0.717) is 12.4 Å². The van der Waals surface area contributed by atoms with E-state index in [4.69, 9.17) is 0 Å². The monoisotopic (exact) mass is 207 g/mol. The fraction of sp³-hybridized carbons (Fsp3) is 0.300. The second-order valence-corrected chi connectivity index (χ2v) is 3.14. The molecule has 1 rings (SSSR count). The highest BCUT2D eigenvalue weighted by Gasteiger charge is 2.14. The van der Waals surface area contributed by atoms with Gasteiger partial charge in [-0.2, -0.15) is 0 Å². The van der Waals surface area contributed by atoms with Crippen LogP contribution in [0.3, 0.4) is 0 Å². The van der Waals surface area contributed by atoms with E-state index in [2.05, 4.69) is 16.9 Å². The minimum atomic E-state index is -0.434. The molecule has 0 radical (unpaired) electrons. The largest absolute Gasteiger partial charge is 0.364 e. The molecule has 1 heterocycles. The maximum atomic E-state index is 10.7. The summed E-state index contributed by atoms with van der Waals surface area (Å²) in [6.07, 6.45) is 4.09. The van der Waals surface area contributed by atoms with Crippen molar-refractivity contribution in [2.75, 3.05) is 11.9 Å². The van der Waals surface area contributed by atoms with Crippen LogP contribution in [0, 0.1) is 17.0 Å². The molecule has 15 heavy (non-hydrogen) atoms. The summed E-state index contributed by atoms with van der Waals surface area (Å²) in [5, 5.41) is 13.6. The molecule has 1 aromatic heterocycles. The summed E-state index contributed by atoms with van der Waals surface area (Å²) in [5.74, 6) is 0.312. The molecule has 0 amide bonds. The van der Waals surface area contributed by atoms with Gasteiger partial charge in [-0.1, -0.05) is 6.08 Å². The van der Waals surface area contributed by atoms with Crippen molar-refractivity contribution in [3.8, 4) is 0 Å². The molecule has 0 unspecified atom stereocenters. The standard InChI is InChI=1S/C10H13N3O2/c1-3-4-5-11-10-9(13(14)15)6-8(2)7-12-10/h3,6-7H,1,4-5H2,2H3,(H,11,12). The van der Waals surface area contributed by atoms with Crippen LogP contribution in [0.4, 0.5) is 11.5 Å². The number of rotatable bonds is 5. The SMILES string of the molecule is C=CCCNc1ncc(C)cc1[N+](=O)[O-]. The Morgan fingerprint density at radius 2 is 2.47 bits per heavy atom. The van der Waals surface area contributed by atoms with E-state index in [1.165, 1.54) is 6.07 Å². The Hall–Kier alpha value is -1.91. The Balaban J connectivity index is 2.85. The zero-order valence-corrected chi connectivity index (χ0v) is 8.56. The number of nitro groups is 1. The molecule has 0 saturated heterocycles. The molecule has 0 bridgehead atoms. The Kier molecular flexibility index (Phi) is 3.79. The van der Waals surface area contributed by atoms with Gasteiger partial charge in [0, 0.05) is 18.8 Å². The third-order valence-corrected chi connectivity index (χ3v) is 1.84. The van der Waals surface area contributed by atoms with E-state index in [0.717, 1.165) is 12.0 Å². The van der Waals surface area contributed by atoms with E-state index >= 15 is 0 Å². The van der Waals surface area contributed by atoms with Crippen LogP contribution in [0.25, 0.3) is 0 Å². The van der Waals surface area contributed by atoms with Gasteiger partial charge in [0.05, 0.1) is 4.92 Å². The van der Waals surface area contributed by atoms with Crippen molar-refractivity contribution in [2.24, 2.45) is 0 Å². The van der Waals surface area contributed by atoms with E-state index in [9.17, 15) is 10.1 Å². The van der Waals surface area contributed by atoms with E-state index in [1.54, 1.807) is 19.2 Å². The van der Waals surface area contributed by atoms with Gasteiger partial charge >= 0.3 is 5.69 Å². The average molecular weight is 207 g/mol. The maximum Gasteiger partial charge on any atom is 0.311 e. The van der Waals surface area contributed by atoms with Crippen LogP contribution < -0.4 is 5.32 Å². The van der Waals surface area contributed by atoms with Crippen LogP contribution in [-0.4, -0.2) is 16.5 Å². The molecule has 1 aromatic rings. The Labute approximate surface area is 88.0 Å². The van der Waals surface area contributed by atoms with Gasteiger partial charge < -0.3 is 5.32 Å². The molecular formula is C10H13N3O2. The van der Waals surface area contributed by atoms with Crippen LogP contribution in [0.5, 0.6) is 0 Å². The highest BCUT2D eigenvalue weighted by molar-refractivity contribution is 5.56. The zero-order chi connectivity index (χ0) is 11.3. The maximum absolute atomic E-state index is 10.7. The zero-order valence-electron chi connectivity index (χ0n) is 8.56. The molecule has 0 saturated carbocycles. The predicted octanol–water partition coefficient (Wildman–Crippen LogP) is 2.29. The number of nitrogens with one attached hydrogen (secondary N) is 1. The van der Waals surface area contributed by atoms with Crippen molar-refractivity contribution in [1.29, 1.82) is 0 Å². The summed E-state index contributed by atoms with van der Waals surface area (Å²) in [6, 6.07) is 1.50. The summed E-state index contributed by atoms with van der Waals surface area (Å²) >= 11 is 0. The van der Waals surface area contributed by atoms with Crippen molar-refractivity contribution in [3.63, 3.8) is 0 Å². The fourth-order valence-electron chi connectivity index (χ4n) is 1.12. The topological polar surface area (TPSA) is 68.1 Å². The van der Waals surface area contributed by atoms with Gasteiger partial charge in [-0.05, 0) is 18.9 Å². The smallest absolute Gasteiger partial charge is 0.311 e. The van der Waals surface area contributed by atoms with E-state index in [-0.39, 0.29) is 5.69 Å². The molecule has 0 aliphatic carbocycles. The lowest BCUT2D eigenvalue weighted by Gasteiger charge is -2.04. The van der Waals surface area contributed by atoms with Crippen LogP contribution >= 0.6 is 0 Å². The van der Waals surface area contributed by atoms with Gasteiger partial charge in [0.2, 0.25) is 5.82 Å². The van der Waals surface area contributed by atoms with Crippen molar-refractivity contribution in [3.05, 3.63) is 40.6 Å². The summed E-state index contributed by atoms with van der Waals surface area (Å²) in [5.41, 5.74) is 0.787. The number of nitrogens with zero attached hydrogens (tertiary/aromatic N) is 2. The number of pyridine rings is 1. The summed E-state index contributed by atoms with van der Waals surface area (Å²) < 4.78 is 0. The molecule has 5 nitrogen and oxygen atoms in total. The van der Waals surface area contributed by atoms with Crippen molar-refractivity contribution in [2.45, 2.75) is 13.3 Å². The van der Waals surface area contributed by atoms with E-state index in [1.807, 2.05) is 0 Å². The molecule has 1 N–H and O–H groups in total. The molecule has 0 aromatic carbocycles. The summed E-state index contributed by atoms with van der Waals surface area (Å²) in [7, 11) is 0. The number of aromatic nitrogens is 1. The first kappa shape index (κ1) is 11.2.